The number of benzene rings is 9. The van der Waals surface area contributed by atoms with E-state index in [2.05, 4.69) is 4.90 Å². The van der Waals surface area contributed by atoms with Crippen LogP contribution in [-0.4, -0.2) is 69.1 Å². The molecule has 1 fully saturated rings. The lowest BCUT2D eigenvalue weighted by Crippen LogP contribution is -2.44. The van der Waals surface area contributed by atoms with Crippen LogP contribution in [0.3, 0.4) is 0 Å². The molecule has 0 radical (unpaired) electrons. The minimum Gasteiger partial charge on any atom is -0.398 e. The number of nitriles is 5. The summed E-state index contributed by atoms with van der Waals surface area (Å²) >= 11 is 58.6. The number of sulfonamides is 1. The van der Waals surface area contributed by atoms with Crippen molar-refractivity contribution < 1.29 is 26.7 Å². The van der Waals surface area contributed by atoms with Crippen molar-refractivity contribution in [3.63, 3.8) is 0 Å². The van der Waals surface area contributed by atoms with E-state index in [0.29, 0.717) is 105 Å². The van der Waals surface area contributed by atoms with Crippen molar-refractivity contribution in [3.8, 4) is 30.3 Å². The van der Waals surface area contributed by atoms with Gasteiger partial charge in [-0.2, -0.15) is 30.6 Å². The van der Waals surface area contributed by atoms with Crippen LogP contribution in [0.5, 0.6) is 0 Å². The largest absolute Gasteiger partial charge is 0.398 e. The van der Waals surface area contributed by atoms with Gasteiger partial charge in [-0.3, -0.25) is 20.2 Å². The van der Waals surface area contributed by atoms with Gasteiger partial charge in [0.25, 0.3) is 20.4 Å². The Kier molecular flexibility index (Phi) is 35.2. The molecular weight excluding hydrogens is 1630 g/mol. The number of nitro benzene ring substituents is 2. The van der Waals surface area contributed by atoms with Gasteiger partial charge in [-0.1, -0.05) is 166 Å². The summed E-state index contributed by atoms with van der Waals surface area (Å²) in [6.07, 6.45) is 1.54. The molecule has 102 heavy (non-hydrogen) atoms. The molecule has 9 aromatic rings. The minimum atomic E-state index is -3.98. The number of nitro groups is 2. The Hall–Kier alpha value is -6.85. The number of halogens is 10. The molecule has 0 atom stereocenters. The average molecular weight is 1680 g/mol. The fraction of sp³-hybridized carbons (Fsp3) is 0.132. The summed E-state index contributed by atoms with van der Waals surface area (Å²) in [7, 11) is 1.70. The van der Waals surface area contributed by atoms with Crippen molar-refractivity contribution in [2.75, 3.05) is 32.9 Å². The summed E-state index contributed by atoms with van der Waals surface area (Å²) in [5.74, 6) is 0. The van der Waals surface area contributed by atoms with Crippen LogP contribution in [0, 0.1) is 76.9 Å². The van der Waals surface area contributed by atoms with E-state index in [1.54, 1.807) is 109 Å². The van der Waals surface area contributed by atoms with Gasteiger partial charge in [-0.05, 0) is 179 Å². The standard InChI is InChI=1S/C20H21Cl2N3O2S2.C13H6Cl3NO2S2.C13H6Cl2N2O2S.C13H8Cl2N2S.C7H3ClN2O2.2CH4/c1-24(2)16-7-9-25(10-8-16)29(26,27)20-11-14(13-23)3-6-18(20)28-19-12-15(21)4-5-17(19)22;14-9-2-3-10(15)12(6-9)20-11-4-1-8(7-17)5-13(11)21(16,18)19;14-9-2-3-10(15)13(6-9)20-12-4-1-8(7-16)5-11(12)17(18)19;14-9-2-3-10(15)13(6-9)18-12-4-1-8(7-16)5-11(12)17;8-6-2-1-5(4-9)3-7(6)10(11)12;;/h3-6,11-12,16H,7-10H2,1-2H3;1-6H;1-6H;1-6H,17H2;1-3H;2*1H4. The summed E-state index contributed by atoms with van der Waals surface area (Å²) in [5.41, 5.74) is 7.56. The quantitative estimate of drug-likeness (QED) is 0.0457. The molecular formula is C68H52Cl10N10O8S6. The third kappa shape index (κ3) is 25.5. The molecule has 18 nitrogen and oxygen atoms in total. The SMILES string of the molecule is C.C.CN(C)C1CCN(S(=O)(=O)c2cc(C#N)ccc2Sc2cc(Cl)ccc2Cl)CC1.N#Cc1ccc(Cl)c([N+](=O)[O-])c1.N#Cc1ccc(Sc2cc(Cl)ccc2Cl)c(N)c1.N#Cc1ccc(Sc2cc(Cl)ccc2Cl)c(S(=O)(=O)Cl)c1.N#Cc1ccc(Sc2cc(Cl)ccc2Cl)c([N+](=O)[O-])c1. The zero-order chi connectivity index (χ0) is 73.8. The molecule has 9 aromatic carbocycles. The van der Waals surface area contributed by atoms with Crippen molar-refractivity contribution in [2.45, 2.75) is 82.7 Å². The number of hydrogen-bond donors (Lipinski definition) is 1. The molecule has 1 aliphatic heterocycles. The van der Waals surface area contributed by atoms with E-state index in [1.807, 2.05) is 38.4 Å². The topological polar surface area (TPSA) is 306 Å². The van der Waals surface area contributed by atoms with E-state index >= 15 is 0 Å². The number of piperidine rings is 1. The minimum absolute atomic E-state index is 0. The molecule has 2 N–H and O–H groups in total. The van der Waals surface area contributed by atoms with Gasteiger partial charge >= 0.3 is 0 Å². The van der Waals surface area contributed by atoms with Crippen molar-refractivity contribution in [1.82, 2.24) is 9.21 Å². The van der Waals surface area contributed by atoms with Crippen LogP contribution in [0.4, 0.5) is 17.1 Å². The van der Waals surface area contributed by atoms with Crippen molar-refractivity contribution in [1.29, 1.82) is 26.3 Å². The number of rotatable bonds is 14. The molecule has 0 unspecified atom stereocenters. The molecule has 1 heterocycles. The highest BCUT2D eigenvalue weighted by atomic mass is 35.7. The van der Waals surface area contributed by atoms with Gasteiger partial charge in [0.15, 0.2) is 0 Å². The summed E-state index contributed by atoms with van der Waals surface area (Å²) < 4.78 is 51.7. The molecule has 1 saturated heterocycles. The first-order valence-electron chi connectivity index (χ1n) is 27.8. The Labute approximate surface area is 657 Å². The maximum absolute atomic E-state index is 13.4. The molecule has 34 heteroatoms. The van der Waals surface area contributed by atoms with E-state index in [9.17, 15) is 42.3 Å². The second kappa shape index (κ2) is 41.0. The van der Waals surface area contributed by atoms with E-state index in [4.69, 9.17) is 142 Å². The maximum Gasteiger partial charge on any atom is 0.289 e. The lowest BCUT2D eigenvalue weighted by molar-refractivity contribution is -0.387. The molecule has 0 bridgehead atoms. The first kappa shape index (κ1) is 87.6. The van der Waals surface area contributed by atoms with Gasteiger partial charge in [0, 0.05) is 102 Å². The Bertz CT molecular complexity index is 5050. The predicted octanol–water partition coefficient (Wildman–Crippen LogP) is 22.6. The van der Waals surface area contributed by atoms with E-state index in [0.717, 1.165) is 52.2 Å². The Balaban J connectivity index is 0.000000275. The van der Waals surface area contributed by atoms with Crippen LogP contribution in [0.2, 0.25) is 45.2 Å². The fourth-order valence-corrected chi connectivity index (χ4v) is 17.7. The molecule has 0 spiro atoms. The normalized spacial score (nSPS) is 11.7. The number of nitrogens with two attached hydrogens (primary N) is 1. The Morgan fingerprint density at radius 3 is 1.10 bits per heavy atom. The predicted molar refractivity (Wildman–Crippen MR) is 413 cm³/mol. The third-order valence-corrected chi connectivity index (χ3v) is 24.5. The van der Waals surface area contributed by atoms with E-state index in [-0.39, 0.29) is 57.7 Å². The highest BCUT2D eigenvalue weighted by Gasteiger charge is 2.33. The molecule has 1 aliphatic rings. The first-order chi connectivity index (χ1) is 47.3. The maximum atomic E-state index is 13.4. The van der Waals surface area contributed by atoms with Crippen LogP contribution in [-0.2, 0) is 19.1 Å². The van der Waals surface area contributed by atoms with E-state index < -0.39 is 28.9 Å². The van der Waals surface area contributed by atoms with Crippen LogP contribution in [0.1, 0.15) is 55.5 Å². The molecule has 528 valence electrons. The summed E-state index contributed by atoms with van der Waals surface area (Å²) in [6, 6.07) is 52.3. The Morgan fingerprint density at radius 2 is 0.735 bits per heavy atom. The molecule has 0 aromatic heterocycles. The zero-order valence-electron chi connectivity index (χ0n) is 51.1. The van der Waals surface area contributed by atoms with Crippen molar-refractivity contribution >= 4 is 198 Å². The summed E-state index contributed by atoms with van der Waals surface area (Å²) in [6.45, 7) is 0.897. The van der Waals surface area contributed by atoms with Gasteiger partial charge < -0.3 is 10.6 Å². The monoisotopic (exact) mass is 1680 g/mol. The molecule has 10 rings (SSSR count). The van der Waals surface area contributed by atoms with Gasteiger partial charge in [0.2, 0.25) is 10.0 Å². The lowest BCUT2D eigenvalue weighted by Gasteiger charge is -2.34. The van der Waals surface area contributed by atoms with Crippen molar-refractivity contribution in [2.24, 2.45) is 0 Å². The van der Waals surface area contributed by atoms with E-state index in [1.165, 1.54) is 82.4 Å². The molecule has 0 amide bonds. The number of anilines is 1. The number of nitrogens with zero attached hydrogens (tertiary/aromatic N) is 9. The molecule has 0 saturated carbocycles. The smallest absolute Gasteiger partial charge is 0.289 e. The molecule has 0 aliphatic carbocycles. The summed E-state index contributed by atoms with van der Waals surface area (Å²) in [5, 5.41) is 69.6. The Morgan fingerprint density at radius 1 is 0.431 bits per heavy atom. The second-order valence-electron chi connectivity index (χ2n) is 20.2. The lowest BCUT2D eigenvalue weighted by atomic mass is 10.1. The average Bonchev–Trinajstić information content (AvgIpc) is 0.774. The number of hydrogen-bond acceptors (Lipinski definition) is 19. The highest BCUT2D eigenvalue weighted by Crippen LogP contribution is 2.44. The zero-order valence-corrected chi connectivity index (χ0v) is 63.5. The van der Waals surface area contributed by atoms with Gasteiger partial charge in [-0.25, -0.2) is 16.8 Å². The summed E-state index contributed by atoms with van der Waals surface area (Å²) in [4.78, 5) is 27.2. The van der Waals surface area contributed by atoms with Crippen LogP contribution in [0.15, 0.2) is 213 Å². The fourth-order valence-electron chi connectivity index (χ4n) is 8.40. The van der Waals surface area contributed by atoms with Crippen molar-refractivity contribution in [3.05, 3.63) is 257 Å². The first-order valence-corrected chi connectivity index (χ1v) is 38.2. The van der Waals surface area contributed by atoms with Gasteiger partial charge in [0.05, 0.1) is 103 Å². The number of nitrogen functional groups attached to an aromatic ring is 1. The van der Waals surface area contributed by atoms with Crippen LogP contribution >= 0.6 is 162 Å². The van der Waals surface area contributed by atoms with Gasteiger partial charge in [-0.15, -0.1) is 0 Å². The van der Waals surface area contributed by atoms with Gasteiger partial charge in [0.1, 0.15) is 5.02 Å². The van der Waals surface area contributed by atoms with Crippen LogP contribution < -0.4 is 5.73 Å². The second-order valence-corrected chi connectivity index (χ2v) is 32.8. The van der Waals surface area contributed by atoms with Crippen LogP contribution in [0.25, 0.3) is 0 Å². The highest BCUT2D eigenvalue weighted by molar-refractivity contribution is 8.14. The third-order valence-electron chi connectivity index (χ3n) is 13.3.